The lowest BCUT2D eigenvalue weighted by Gasteiger charge is -2.06. The van der Waals surface area contributed by atoms with Gasteiger partial charge in [-0.2, -0.15) is 12.6 Å². The first kappa shape index (κ1) is 10.7. The van der Waals surface area contributed by atoms with Crippen molar-refractivity contribution in [3.63, 3.8) is 0 Å². The predicted octanol–water partition coefficient (Wildman–Crippen LogP) is 2.47. The monoisotopic (exact) mass is 230 g/mol. The summed E-state index contributed by atoms with van der Waals surface area (Å²) in [5, 5.41) is -1.24. The Morgan fingerprint density at radius 3 is 2.38 bits per heavy atom. The van der Waals surface area contributed by atoms with Crippen LogP contribution >= 0.6 is 36.4 Å². The third-order valence-corrected chi connectivity index (χ3v) is 3.03. The third-order valence-electron chi connectivity index (χ3n) is 1.52. The smallest absolute Gasteiger partial charge is 0.239 e. The van der Waals surface area contributed by atoms with Gasteiger partial charge in [0.25, 0.3) is 0 Å². The molecule has 0 amide bonds. The van der Waals surface area contributed by atoms with Gasteiger partial charge in [0.1, 0.15) is 5.25 Å². The molecule has 0 fully saturated rings. The first-order chi connectivity index (χ1) is 6.13. The van der Waals surface area contributed by atoms with Crippen molar-refractivity contribution in [1.29, 1.82) is 0 Å². The second-order valence-corrected chi connectivity index (χ2v) is 3.77. The molecular weight excluding hydrogens is 224 g/mol. The summed E-state index contributed by atoms with van der Waals surface area (Å²) in [6.45, 7) is 0. The molecule has 0 bridgehead atoms. The molecule has 1 unspecified atom stereocenters. The third kappa shape index (κ3) is 2.79. The molecule has 68 valence electrons. The Labute approximate surface area is 92.5 Å². The summed E-state index contributed by atoms with van der Waals surface area (Å²) in [6, 6.07) is 9.22. The molecule has 0 saturated carbocycles. The topological polar surface area (TPSA) is 17.1 Å². The maximum Gasteiger partial charge on any atom is 0.239 e. The summed E-state index contributed by atoms with van der Waals surface area (Å²) in [5.41, 5.74) is 0.812. The molecule has 0 spiro atoms. The van der Waals surface area contributed by atoms with Gasteiger partial charge in [0.05, 0.1) is 0 Å². The predicted molar refractivity (Wildman–Crippen MR) is 61.8 cm³/mol. The summed E-state index contributed by atoms with van der Waals surface area (Å²) in [6.07, 6.45) is 0. The highest BCUT2D eigenvalue weighted by Gasteiger charge is 2.17. The highest BCUT2D eigenvalue weighted by molar-refractivity contribution is 7.88. The molecule has 1 rings (SSSR count). The zero-order valence-electron chi connectivity index (χ0n) is 6.61. The molecule has 0 aliphatic carbocycles. The van der Waals surface area contributed by atoms with Crippen molar-refractivity contribution < 1.29 is 4.79 Å². The zero-order chi connectivity index (χ0) is 9.84. The summed E-state index contributed by atoms with van der Waals surface area (Å²) < 4.78 is 0. The quantitative estimate of drug-likeness (QED) is 0.372. The van der Waals surface area contributed by atoms with Crippen LogP contribution in [0, 0.1) is 0 Å². The van der Waals surface area contributed by atoms with E-state index in [-0.39, 0.29) is 0 Å². The molecule has 0 heterocycles. The molecule has 0 radical (unpaired) electrons. The maximum atomic E-state index is 10.8. The van der Waals surface area contributed by atoms with Crippen LogP contribution in [0.25, 0.3) is 0 Å². The van der Waals surface area contributed by atoms with Gasteiger partial charge in [-0.15, -0.1) is 0 Å². The highest BCUT2D eigenvalue weighted by atomic mass is 35.5. The van der Waals surface area contributed by atoms with Crippen molar-refractivity contribution in [3.05, 3.63) is 35.9 Å². The number of benzene rings is 1. The van der Waals surface area contributed by atoms with E-state index in [4.69, 9.17) is 23.8 Å². The Hall–Kier alpha value is -0.380. The number of carbonyl (C=O) groups is 1. The van der Waals surface area contributed by atoms with Gasteiger partial charge < -0.3 is 0 Å². The van der Waals surface area contributed by atoms with Gasteiger partial charge in [-0.25, -0.2) is 0 Å². The molecule has 0 N–H and O–H groups in total. The second kappa shape index (κ2) is 4.74. The number of carbonyl (C=O) groups excluding carboxylic acids is 1. The molecule has 0 aliphatic heterocycles. The van der Waals surface area contributed by atoms with Crippen molar-refractivity contribution in [2.45, 2.75) is 5.25 Å². The number of thiol groups is 1. The second-order valence-electron chi connectivity index (χ2n) is 2.44. The SMILES string of the molecule is O=C(Cl)C(S)C(=S)c1ccccc1. The van der Waals surface area contributed by atoms with Crippen LogP contribution < -0.4 is 0 Å². The van der Waals surface area contributed by atoms with Gasteiger partial charge in [0, 0.05) is 4.86 Å². The minimum atomic E-state index is -0.695. The number of hydrogen-bond acceptors (Lipinski definition) is 3. The molecule has 1 atom stereocenters. The summed E-state index contributed by atoms with van der Waals surface area (Å²) >= 11 is 14.3. The first-order valence-corrected chi connectivity index (χ1v) is 4.90. The Morgan fingerprint density at radius 1 is 1.38 bits per heavy atom. The standard InChI is InChI=1S/C9H7ClOS2/c10-9(11)8(13)7(12)6-4-2-1-3-5-6/h1-5,8,13H. The van der Waals surface area contributed by atoms with E-state index in [9.17, 15) is 4.79 Å². The zero-order valence-corrected chi connectivity index (χ0v) is 9.07. The Bertz CT molecular complexity index is 324. The van der Waals surface area contributed by atoms with Crippen molar-refractivity contribution in [2.75, 3.05) is 0 Å². The fourth-order valence-corrected chi connectivity index (χ4v) is 1.43. The van der Waals surface area contributed by atoms with E-state index in [1.54, 1.807) is 0 Å². The molecule has 13 heavy (non-hydrogen) atoms. The number of thiocarbonyl (C=S) groups is 1. The average Bonchev–Trinajstić information content (AvgIpc) is 2.17. The molecule has 1 aromatic carbocycles. The largest absolute Gasteiger partial charge is 0.280 e. The number of rotatable bonds is 3. The van der Waals surface area contributed by atoms with E-state index in [1.807, 2.05) is 30.3 Å². The van der Waals surface area contributed by atoms with E-state index < -0.39 is 10.5 Å². The number of hydrogen-bond donors (Lipinski definition) is 1. The Morgan fingerprint density at radius 2 is 1.92 bits per heavy atom. The molecule has 0 saturated heterocycles. The normalized spacial score (nSPS) is 12.2. The lowest BCUT2D eigenvalue weighted by Crippen LogP contribution is -2.19. The van der Waals surface area contributed by atoms with Gasteiger partial charge >= 0.3 is 0 Å². The van der Waals surface area contributed by atoms with E-state index in [2.05, 4.69) is 12.6 Å². The van der Waals surface area contributed by atoms with Gasteiger partial charge in [-0.1, -0.05) is 42.5 Å². The summed E-state index contributed by atoms with van der Waals surface area (Å²) in [5.74, 6) is 0. The summed E-state index contributed by atoms with van der Waals surface area (Å²) in [7, 11) is 0. The minimum absolute atomic E-state index is 0.462. The number of halogens is 1. The van der Waals surface area contributed by atoms with E-state index >= 15 is 0 Å². The van der Waals surface area contributed by atoms with Crippen LogP contribution in [0.3, 0.4) is 0 Å². The molecule has 0 aromatic heterocycles. The highest BCUT2D eigenvalue weighted by Crippen LogP contribution is 2.11. The lowest BCUT2D eigenvalue weighted by molar-refractivity contribution is -0.110. The average molecular weight is 231 g/mol. The van der Waals surface area contributed by atoms with Gasteiger partial charge in [-0.3, -0.25) is 4.79 Å². The van der Waals surface area contributed by atoms with E-state index in [0.29, 0.717) is 4.86 Å². The van der Waals surface area contributed by atoms with E-state index in [1.165, 1.54) is 0 Å². The molecule has 0 aliphatic rings. The maximum absolute atomic E-state index is 10.8. The van der Waals surface area contributed by atoms with Crippen LogP contribution in [0.4, 0.5) is 0 Å². The van der Waals surface area contributed by atoms with Crippen molar-refractivity contribution in [1.82, 2.24) is 0 Å². The minimum Gasteiger partial charge on any atom is -0.280 e. The van der Waals surface area contributed by atoms with Crippen molar-refractivity contribution in [3.8, 4) is 0 Å². The fourth-order valence-electron chi connectivity index (χ4n) is 0.863. The molecule has 1 nitrogen and oxygen atoms in total. The summed E-state index contributed by atoms with van der Waals surface area (Å²) in [4.78, 5) is 11.2. The lowest BCUT2D eigenvalue weighted by atomic mass is 10.1. The molecule has 1 aromatic rings. The van der Waals surface area contributed by atoms with Crippen LogP contribution in [-0.4, -0.2) is 15.4 Å². The molecular formula is C9H7ClOS2. The van der Waals surface area contributed by atoms with Crippen LogP contribution in [0.1, 0.15) is 5.56 Å². The van der Waals surface area contributed by atoms with Crippen molar-refractivity contribution in [2.24, 2.45) is 0 Å². The van der Waals surface area contributed by atoms with Gasteiger partial charge in [0.2, 0.25) is 5.24 Å². The van der Waals surface area contributed by atoms with Gasteiger partial charge in [0.15, 0.2) is 0 Å². The van der Waals surface area contributed by atoms with Crippen LogP contribution in [0.5, 0.6) is 0 Å². The van der Waals surface area contributed by atoms with Crippen LogP contribution in [0.15, 0.2) is 30.3 Å². The molecule has 4 heteroatoms. The van der Waals surface area contributed by atoms with Crippen molar-refractivity contribution >= 4 is 46.6 Å². The fraction of sp³-hybridized carbons (Fsp3) is 0.111. The first-order valence-electron chi connectivity index (χ1n) is 3.59. The van der Waals surface area contributed by atoms with Crippen LogP contribution in [0.2, 0.25) is 0 Å². The Balaban J connectivity index is 2.86. The van der Waals surface area contributed by atoms with E-state index in [0.717, 1.165) is 5.56 Å². The van der Waals surface area contributed by atoms with Gasteiger partial charge in [-0.05, 0) is 17.2 Å². The van der Waals surface area contributed by atoms with Crippen LogP contribution in [-0.2, 0) is 4.79 Å². The Kier molecular flexibility index (Phi) is 3.90.